The van der Waals surface area contributed by atoms with E-state index in [-0.39, 0.29) is 24.1 Å². The van der Waals surface area contributed by atoms with E-state index in [1.54, 1.807) is 33.0 Å². The van der Waals surface area contributed by atoms with Crippen molar-refractivity contribution >= 4 is 22.7 Å². The van der Waals surface area contributed by atoms with E-state index in [2.05, 4.69) is 19.2 Å². The average molecular weight is 460 g/mol. The van der Waals surface area contributed by atoms with Gasteiger partial charge in [0.25, 0.3) is 0 Å². The van der Waals surface area contributed by atoms with E-state index in [0.717, 1.165) is 38.5 Å². The zero-order valence-corrected chi connectivity index (χ0v) is 20.6. The third kappa shape index (κ3) is 5.50. The van der Waals surface area contributed by atoms with Crippen molar-refractivity contribution in [1.29, 1.82) is 0 Å². The van der Waals surface area contributed by atoms with Crippen molar-refractivity contribution in [2.45, 2.75) is 104 Å². The van der Waals surface area contributed by atoms with Gasteiger partial charge in [-0.1, -0.05) is 33.1 Å². The smallest absolute Gasteiger partial charge is 0.408 e. The maximum Gasteiger partial charge on any atom is 0.408 e. The number of nitrogens with zero attached hydrogens (tertiary/aromatic N) is 2. The number of nitrogens with one attached hydrogen (secondary N) is 1. The van der Waals surface area contributed by atoms with Crippen LogP contribution >= 0.6 is 0 Å². The molecule has 0 atom stereocenters. The predicted molar refractivity (Wildman–Crippen MR) is 132 cm³/mol. The van der Waals surface area contributed by atoms with E-state index >= 15 is 4.39 Å². The summed E-state index contributed by atoms with van der Waals surface area (Å²) < 4.78 is 17.2. The van der Waals surface area contributed by atoms with Crippen LogP contribution in [0.3, 0.4) is 0 Å². The minimum Gasteiger partial charge on any atom is -0.465 e. The number of benzene rings is 1. The number of pyridine rings is 1. The Bertz CT molecular complexity index is 1050. The van der Waals surface area contributed by atoms with Crippen molar-refractivity contribution in [2.75, 3.05) is 5.32 Å². The minimum atomic E-state index is -1.09. The highest BCUT2D eigenvalue weighted by molar-refractivity contribution is 5.84. The number of fused-ring (bicyclic) bond motifs is 1. The molecule has 1 aliphatic carbocycles. The van der Waals surface area contributed by atoms with Gasteiger partial charge in [-0.25, -0.2) is 9.18 Å². The van der Waals surface area contributed by atoms with Crippen molar-refractivity contribution in [3.8, 4) is 0 Å². The maximum atomic E-state index is 15.1. The van der Waals surface area contributed by atoms with Crippen molar-refractivity contribution in [1.82, 2.24) is 9.47 Å². The Morgan fingerprint density at radius 1 is 1.21 bits per heavy atom. The highest BCUT2D eigenvalue weighted by Crippen LogP contribution is 2.29. The van der Waals surface area contributed by atoms with Crippen LogP contribution in [0.15, 0.2) is 23.1 Å². The van der Waals surface area contributed by atoms with Gasteiger partial charge in [0, 0.05) is 34.8 Å². The van der Waals surface area contributed by atoms with Crippen molar-refractivity contribution < 1.29 is 14.3 Å². The number of hydrogen-bond donors (Lipinski definition) is 2. The molecule has 1 amide bonds. The summed E-state index contributed by atoms with van der Waals surface area (Å²) in [6.07, 6.45) is 7.93. The van der Waals surface area contributed by atoms with Crippen LogP contribution in [0.2, 0.25) is 0 Å². The van der Waals surface area contributed by atoms with Gasteiger partial charge < -0.3 is 15.0 Å². The van der Waals surface area contributed by atoms with Crippen LogP contribution in [0.1, 0.15) is 91.2 Å². The Kier molecular flexibility index (Phi) is 7.70. The highest BCUT2D eigenvalue weighted by Gasteiger charge is 2.28. The van der Waals surface area contributed by atoms with Crippen LogP contribution in [0, 0.1) is 5.82 Å². The number of aromatic nitrogens is 1. The predicted octanol–water partition coefficient (Wildman–Crippen LogP) is 6.52. The molecule has 1 aliphatic rings. The Balaban J connectivity index is 2.15. The number of amides is 1. The van der Waals surface area contributed by atoms with Gasteiger partial charge in [-0.3, -0.25) is 9.69 Å². The fourth-order valence-electron chi connectivity index (χ4n) is 4.86. The second-order valence-electron chi connectivity index (χ2n) is 10.2. The van der Waals surface area contributed by atoms with Crippen LogP contribution in [0.5, 0.6) is 0 Å². The lowest BCUT2D eigenvalue weighted by Gasteiger charge is -2.33. The fraction of sp³-hybridized carbons (Fsp3) is 0.615. The first-order valence-electron chi connectivity index (χ1n) is 12.2. The lowest BCUT2D eigenvalue weighted by molar-refractivity contribution is 0.0952. The number of rotatable bonds is 7. The van der Waals surface area contributed by atoms with Crippen molar-refractivity contribution in [2.24, 2.45) is 0 Å². The third-order valence-electron chi connectivity index (χ3n) is 6.86. The topological polar surface area (TPSA) is 74.6 Å². The van der Waals surface area contributed by atoms with E-state index < -0.39 is 17.4 Å². The highest BCUT2D eigenvalue weighted by atomic mass is 19.1. The van der Waals surface area contributed by atoms with Crippen LogP contribution in [-0.4, -0.2) is 32.2 Å². The van der Waals surface area contributed by atoms with Crippen LogP contribution < -0.4 is 10.7 Å². The van der Waals surface area contributed by atoms with E-state index in [0.29, 0.717) is 22.2 Å². The first-order valence-corrected chi connectivity index (χ1v) is 12.2. The number of carboxylic acid groups (broad SMARTS) is 1. The SMILES string of the molecule is CCC(CC)n1cc(CN(C(=O)O)C(C)(C)C)c(=O)c2cc(F)c(NC3CCCCC3)cc21. The molecule has 33 heavy (non-hydrogen) atoms. The van der Waals surface area contributed by atoms with Gasteiger partial charge in [0.1, 0.15) is 5.82 Å². The summed E-state index contributed by atoms with van der Waals surface area (Å²) in [6, 6.07) is 3.46. The number of hydrogen-bond acceptors (Lipinski definition) is 3. The first kappa shape index (κ1) is 25.1. The van der Waals surface area contributed by atoms with E-state index in [1.165, 1.54) is 17.4 Å². The Morgan fingerprint density at radius 3 is 2.39 bits per heavy atom. The summed E-state index contributed by atoms with van der Waals surface area (Å²) in [6.45, 7) is 9.51. The second kappa shape index (κ2) is 10.1. The van der Waals surface area contributed by atoms with Crippen LogP contribution in [0.4, 0.5) is 14.9 Å². The molecule has 2 aromatic rings. The van der Waals surface area contributed by atoms with E-state index in [4.69, 9.17) is 0 Å². The molecule has 6 nitrogen and oxygen atoms in total. The summed E-state index contributed by atoms with van der Waals surface area (Å²) >= 11 is 0. The number of halogens is 1. The Hall–Kier alpha value is -2.57. The summed E-state index contributed by atoms with van der Waals surface area (Å²) in [5.41, 5.74) is 0.495. The van der Waals surface area contributed by atoms with Gasteiger partial charge in [-0.2, -0.15) is 0 Å². The monoisotopic (exact) mass is 459 g/mol. The van der Waals surface area contributed by atoms with Crippen molar-refractivity contribution in [3.05, 3.63) is 39.9 Å². The summed E-state index contributed by atoms with van der Waals surface area (Å²) in [4.78, 5) is 26.5. The molecule has 1 aromatic heterocycles. The van der Waals surface area contributed by atoms with Gasteiger partial charge in [-0.15, -0.1) is 0 Å². The molecule has 0 unspecified atom stereocenters. The standard InChI is InChI=1S/C26H38FN3O3/c1-6-19(7-2)29-15-17(16-30(25(32)33)26(3,4)5)24(31)20-13-21(27)22(14-23(20)29)28-18-11-9-8-10-12-18/h13-15,18-19,28H,6-12,16H2,1-5H3,(H,32,33). The molecule has 1 aromatic carbocycles. The molecule has 182 valence electrons. The minimum absolute atomic E-state index is 0.0442. The molecule has 0 radical (unpaired) electrons. The molecule has 0 spiro atoms. The largest absolute Gasteiger partial charge is 0.465 e. The molecule has 0 bridgehead atoms. The quantitative estimate of drug-likeness (QED) is 0.494. The molecular formula is C26H38FN3O3. The lowest BCUT2D eigenvalue weighted by Crippen LogP contribution is -2.45. The third-order valence-corrected chi connectivity index (χ3v) is 6.86. The van der Waals surface area contributed by atoms with E-state index in [1.807, 2.05) is 4.57 Å². The van der Waals surface area contributed by atoms with E-state index in [9.17, 15) is 14.7 Å². The van der Waals surface area contributed by atoms with Gasteiger partial charge >= 0.3 is 6.09 Å². The summed E-state index contributed by atoms with van der Waals surface area (Å²) in [7, 11) is 0. The molecule has 7 heteroatoms. The molecule has 2 N–H and O–H groups in total. The average Bonchev–Trinajstić information content (AvgIpc) is 2.75. The maximum absolute atomic E-state index is 15.1. The van der Waals surface area contributed by atoms with Gasteiger partial charge in [0.2, 0.25) is 0 Å². The molecule has 1 fully saturated rings. The number of carbonyl (C=O) groups is 1. The molecule has 1 heterocycles. The zero-order chi connectivity index (χ0) is 24.3. The van der Waals surface area contributed by atoms with Crippen LogP contribution in [-0.2, 0) is 6.54 Å². The van der Waals surface area contributed by atoms with Gasteiger partial charge in [0.15, 0.2) is 5.43 Å². The second-order valence-corrected chi connectivity index (χ2v) is 10.2. The number of anilines is 1. The molecule has 3 rings (SSSR count). The van der Waals surface area contributed by atoms with Gasteiger partial charge in [0.05, 0.1) is 17.7 Å². The molecule has 0 saturated heterocycles. The normalized spacial score (nSPS) is 15.2. The molecule has 1 saturated carbocycles. The summed E-state index contributed by atoms with van der Waals surface area (Å²) in [5.74, 6) is -0.440. The van der Waals surface area contributed by atoms with Crippen LogP contribution in [0.25, 0.3) is 10.9 Å². The van der Waals surface area contributed by atoms with Gasteiger partial charge in [-0.05, 0) is 58.6 Å². The fourth-order valence-corrected chi connectivity index (χ4v) is 4.86. The molecular weight excluding hydrogens is 421 g/mol. The Labute approximate surface area is 195 Å². The summed E-state index contributed by atoms with van der Waals surface area (Å²) in [5, 5.41) is 13.4. The molecule has 0 aliphatic heterocycles. The first-order chi connectivity index (χ1) is 15.6. The lowest BCUT2D eigenvalue weighted by atomic mass is 9.95. The van der Waals surface area contributed by atoms with Crippen molar-refractivity contribution in [3.63, 3.8) is 0 Å². The Morgan fingerprint density at radius 2 is 1.85 bits per heavy atom. The zero-order valence-electron chi connectivity index (χ0n) is 20.6.